The van der Waals surface area contributed by atoms with Crippen LogP contribution in [0.1, 0.15) is 24.2 Å². The summed E-state index contributed by atoms with van der Waals surface area (Å²) in [6.07, 6.45) is 2.71. The highest BCUT2D eigenvalue weighted by atomic mass is 32.2. The number of ether oxygens (including phenoxy) is 2. The maximum absolute atomic E-state index is 5.72. The van der Waals surface area contributed by atoms with Gasteiger partial charge in [0.05, 0.1) is 24.9 Å². The first-order valence-electron chi connectivity index (χ1n) is 6.49. The molecule has 1 atom stereocenters. The van der Waals surface area contributed by atoms with Crippen LogP contribution in [0.3, 0.4) is 0 Å². The molecular weight excluding hydrogens is 248 g/mol. The Hall–Kier alpha value is -0.520. The van der Waals surface area contributed by atoms with Crippen molar-refractivity contribution >= 4 is 11.8 Å². The molecule has 1 aliphatic heterocycles. The number of thioether (sulfide) groups is 1. The van der Waals surface area contributed by atoms with Crippen LogP contribution in [0, 0.1) is 13.8 Å². The van der Waals surface area contributed by atoms with Crippen LogP contribution in [0.4, 0.5) is 0 Å². The predicted molar refractivity (Wildman–Crippen MR) is 73.3 cm³/mol. The van der Waals surface area contributed by atoms with Gasteiger partial charge in [-0.2, -0.15) is 0 Å². The third-order valence-corrected chi connectivity index (χ3v) is 4.29. The van der Waals surface area contributed by atoms with Crippen molar-refractivity contribution in [3.8, 4) is 0 Å². The highest BCUT2D eigenvalue weighted by Crippen LogP contribution is 2.24. The molecule has 0 amide bonds. The summed E-state index contributed by atoms with van der Waals surface area (Å²) in [6, 6.07) is 0. The number of methoxy groups -OCH3 is 1. The highest BCUT2D eigenvalue weighted by Gasteiger charge is 2.20. The zero-order valence-corrected chi connectivity index (χ0v) is 12.3. The lowest BCUT2D eigenvalue weighted by Gasteiger charge is -2.14. The third-order valence-electron chi connectivity index (χ3n) is 3.35. The number of aryl methyl sites for hydroxylation is 1. The number of aromatic nitrogens is 2. The van der Waals surface area contributed by atoms with Gasteiger partial charge in [-0.1, -0.05) is 11.8 Å². The molecule has 1 aromatic rings. The van der Waals surface area contributed by atoms with Crippen molar-refractivity contribution in [2.45, 2.75) is 44.5 Å². The van der Waals surface area contributed by atoms with Crippen LogP contribution in [0.15, 0.2) is 5.16 Å². The van der Waals surface area contributed by atoms with E-state index in [1.165, 1.54) is 18.5 Å². The first kappa shape index (κ1) is 13.9. The van der Waals surface area contributed by atoms with Gasteiger partial charge in [-0.15, -0.1) is 0 Å². The van der Waals surface area contributed by atoms with E-state index in [9.17, 15) is 0 Å². The van der Waals surface area contributed by atoms with Crippen LogP contribution in [0.25, 0.3) is 0 Å². The number of nitrogens with zero attached hydrogens (tertiary/aromatic N) is 2. The average Bonchev–Trinajstić information content (AvgIpc) is 2.94. The molecule has 0 unspecified atom stereocenters. The Kier molecular flexibility index (Phi) is 5.09. The molecule has 0 bridgehead atoms. The summed E-state index contributed by atoms with van der Waals surface area (Å²) in [6.45, 7) is 6.81. The van der Waals surface area contributed by atoms with Crippen LogP contribution in [0.5, 0.6) is 0 Å². The van der Waals surface area contributed by atoms with Gasteiger partial charge >= 0.3 is 0 Å². The van der Waals surface area contributed by atoms with Crippen molar-refractivity contribution in [1.29, 1.82) is 0 Å². The van der Waals surface area contributed by atoms with Crippen LogP contribution >= 0.6 is 11.8 Å². The molecule has 1 fully saturated rings. The second-order valence-corrected chi connectivity index (χ2v) is 5.71. The minimum atomic E-state index is 0.360. The van der Waals surface area contributed by atoms with Gasteiger partial charge in [0.1, 0.15) is 0 Å². The number of hydrogen-bond donors (Lipinski definition) is 0. The van der Waals surface area contributed by atoms with E-state index in [2.05, 4.69) is 23.4 Å². The molecule has 5 heteroatoms. The summed E-state index contributed by atoms with van der Waals surface area (Å²) < 4.78 is 13.1. The summed E-state index contributed by atoms with van der Waals surface area (Å²) in [4.78, 5) is 4.64. The molecule has 18 heavy (non-hydrogen) atoms. The molecule has 0 spiro atoms. The fourth-order valence-electron chi connectivity index (χ4n) is 2.16. The lowest BCUT2D eigenvalue weighted by atomic mass is 10.2. The summed E-state index contributed by atoms with van der Waals surface area (Å²) in [5.74, 6) is 0.942. The molecule has 0 N–H and O–H groups in total. The second-order valence-electron chi connectivity index (χ2n) is 4.65. The smallest absolute Gasteiger partial charge is 0.168 e. The zero-order chi connectivity index (χ0) is 13.0. The first-order chi connectivity index (χ1) is 8.72. The maximum atomic E-state index is 5.72. The van der Waals surface area contributed by atoms with Gasteiger partial charge in [-0.05, 0) is 26.7 Å². The van der Waals surface area contributed by atoms with Crippen molar-refractivity contribution in [3.05, 3.63) is 11.4 Å². The average molecular weight is 270 g/mol. The van der Waals surface area contributed by atoms with E-state index < -0.39 is 0 Å². The quantitative estimate of drug-likeness (QED) is 0.587. The Morgan fingerprint density at radius 3 is 3.00 bits per heavy atom. The van der Waals surface area contributed by atoms with E-state index in [0.717, 1.165) is 36.4 Å². The van der Waals surface area contributed by atoms with E-state index in [-0.39, 0.29) is 0 Å². The summed E-state index contributed by atoms with van der Waals surface area (Å²) in [5.41, 5.74) is 2.37. The molecule has 1 aromatic heterocycles. The molecule has 0 saturated carbocycles. The second kappa shape index (κ2) is 6.59. The van der Waals surface area contributed by atoms with Gasteiger partial charge < -0.3 is 14.0 Å². The van der Waals surface area contributed by atoms with Crippen molar-refractivity contribution in [3.63, 3.8) is 0 Å². The minimum Gasteiger partial charge on any atom is -0.384 e. The van der Waals surface area contributed by atoms with Gasteiger partial charge in [0, 0.05) is 25.2 Å². The normalized spacial score (nSPS) is 19.6. The van der Waals surface area contributed by atoms with Crippen molar-refractivity contribution in [2.75, 3.05) is 26.1 Å². The summed E-state index contributed by atoms with van der Waals surface area (Å²) in [5, 5.41) is 1.09. The molecule has 0 aliphatic carbocycles. The largest absolute Gasteiger partial charge is 0.384 e. The number of imidazole rings is 1. The van der Waals surface area contributed by atoms with E-state index in [1.807, 2.05) is 0 Å². The Morgan fingerprint density at radius 1 is 1.50 bits per heavy atom. The Labute approximate surface area is 113 Å². The zero-order valence-electron chi connectivity index (χ0n) is 11.4. The van der Waals surface area contributed by atoms with E-state index in [1.54, 1.807) is 18.9 Å². The van der Waals surface area contributed by atoms with Gasteiger partial charge in [0.25, 0.3) is 0 Å². The van der Waals surface area contributed by atoms with E-state index in [0.29, 0.717) is 6.10 Å². The lowest BCUT2D eigenvalue weighted by Crippen LogP contribution is -2.16. The highest BCUT2D eigenvalue weighted by molar-refractivity contribution is 7.99. The summed E-state index contributed by atoms with van der Waals surface area (Å²) in [7, 11) is 1.73. The predicted octanol–water partition coefficient (Wildman–Crippen LogP) is 2.42. The number of hydrogen-bond acceptors (Lipinski definition) is 4. The van der Waals surface area contributed by atoms with E-state index >= 15 is 0 Å². The topological polar surface area (TPSA) is 36.3 Å². The third kappa shape index (κ3) is 3.28. The van der Waals surface area contributed by atoms with Crippen LogP contribution < -0.4 is 0 Å². The molecule has 1 saturated heterocycles. The number of rotatable bonds is 6. The molecule has 0 aromatic carbocycles. The van der Waals surface area contributed by atoms with Crippen LogP contribution in [-0.4, -0.2) is 41.7 Å². The Bertz CT molecular complexity index is 387. The summed E-state index contributed by atoms with van der Waals surface area (Å²) >= 11 is 1.76. The van der Waals surface area contributed by atoms with Crippen molar-refractivity contribution < 1.29 is 9.47 Å². The fourth-order valence-corrected chi connectivity index (χ4v) is 3.16. The molecule has 2 rings (SSSR count). The van der Waals surface area contributed by atoms with Gasteiger partial charge in [0.2, 0.25) is 0 Å². The van der Waals surface area contributed by atoms with Crippen molar-refractivity contribution in [1.82, 2.24) is 9.55 Å². The van der Waals surface area contributed by atoms with Gasteiger partial charge in [-0.25, -0.2) is 4.98 Å². The van der Waals surface area contributed by atoms with E-state index in [4.69, 9.17) is 9.47 Å². The molecular formula is C13H22N2O2S. The van der Waals surface area contributed by atoms with Crippen LogP contribution in [-0.2, 0) is 16.0 Å². The molecule has 102 valence electrons. The minimum absolute atomic E-state index is 0.360. The first-order valence-corrected chi connectivity index (χ1v) is 7.48. The van der Waals surface area contributed by atoms with Gasteiger partial charge in [0.15, 0.2) is 5.16 Å². The molecule has 4 nitrogen and oxygen atoms in total. The Balaban J connectivity index is 2.05. The van der Waals surface area contributed by atoms with Crippen LogP contribution in [0.2, 0.25) is 0 Å². The van der Waals surface area contributed by atoms with Crippen molar-refractivity contribution in [2.24, 2.45) is 0 Å². The monoisotopic (exact) mass is 270 g/mol. The maximum Gasteiger partial charge on any atom is 0.168 e. The SMILES string of the molecule is COCCSc1nc(C)c(C)n1C[C@@H]1CCCO1. The lowest BCUT2D eigenvalue weighted by molar-refractivity contribution is 0.0944. The molecule has 1 aliphatic rings. The van der Waals surface area contributed by atoms with Gasteiger partial charge in [-0.3, -0.25) is 0 Å². The molecule has 0 radical (unpaired) electrons. The Morgan fingerprint density at radius 2 is 2.33 bits per heavy atom. The molecule has 2 heterocycles. The fraction of sp³-hybridized carbons (Fsp3) is 0.769. The standard InChI is InChI=1S/C13H22N2O2S/c1-10-11(2)15(9-12-5-4-6-17-12)13(14-10)18-8-7-16-3/h12H,4-9H2,1-3H3/t12-/m0/s1.